The molecule has 3 heterocycles. The number of hydrogen-bond acceptors (Lipinski definition) is 5. The van der Waals surface area contributed by atoms with E-state index in [4.69, 9.17) is 11.6 Å². The van der Waals surface area contributed by atoms with Gasteiger partial charge in [0.25, 0.3) is 5.56 Å². The van der Waals surface area contributed by atoms with E-state index in [0.29, 0.717) is 28.7 Å². The molecular formula is C16H23ClN6O2. The molecule has 0 amide bonds. The SMILES string of the molecule is C/C(Cl)=C/Cn1c(N2CCN(C)CC2)nc2c1c(=O)n(C)c(=O)n2C. The van der Waals surface area contributed by atoms with Gasteiger partial charge in [0.05, 0.1) is 0 Å². The summed E-state index contributed by atoms with van der Waals surface area (Å²) in [6, 6.07) is 0. The highest BCUT2D eigenvalue weighted by Crippen LogP contribution is 2.21. The summed E-state index contributed by atoms with van der Waals surface area (Å²) in [5.74, 6) is 0.704. The third kappa shape index (κ3) is 3.11. The summed E-state index contributed by atoms with van der Waals surface area (Å²) >= 11 is 6.00. The Labute approximate surface area is 150 Å². The molecule has 3 rings (SSSR count). The maximum atomic E-state index is 12.7. The summed E-state index contributed by atoms with van der Waals surface area (Å²) in [7, 11) is 5.21. The fraction of sp³-hybridized carbons (Fsp3) is 0.562. The fourth-order valence-corrected chi connectivity index (χ4v) is 3.14. The monoisotopic (exact) mass is 366 g/mol. The van der Waals surface area contributed by atoms with Crippen LogP contribution >= 0.6 is 11.6 Å². The maximum absolute atomic E-state index is 12.7. The number of likely N-dealkylation sites (N-methyl/N-ethyl adjacent to an activating group) is 1. The number of aromatic nitrogens is 4. The van der Waals surface area contributed by atoms with Crippen LogP contribution < -0.4 is 16.1 Å². The number of nitrogens with zero attached hydrogens (tertiary/aromatic N) is 6. The lowest BCUT2D eigenvalue weighted by Gasteiger charge is -2.33. The van der Waals surface area contributed by atoms with Crippen molar-refractivity contribution in [2.75, 3.05) is 38.1 Å². The van der Waals surface area contributed by atoms with E-state index in [-0.39, 0.29) is 11.2 Å². The lowest BCUT2D eigenvalue weighted by atomic mass is 10.3. The van der Waals surface area contributed by atoms with Crippen molar-refractivity contribution in [1.82, 2.24) is 23.6 Å². The first-order chi connectivity index (χ1) is 11.8. The number of imidazole rings is 1. The second-order valence-corrected chi connectivity index (χ2v) is 7.08. The standard InChI is InChI=1S/C16H23ClN6O2/c1-11(17)5-6-23-12-13(20(3)16(25)21(4)14(12)24)18-15(23)22-9-7-19(2)8-10-22/h5H,6-10H2,1-4H3/b11-5-. The molecule has 0 aliphatic carbocycles. The smallest absolute Gasteiger partial charge is 0.332 e. The van der Waals surface area contributed by atoms with Crippen LogP contribution in [0.3, 0.4) is 0 Å². The van der Waals surface area contributed by atoms with Gasteiger partial charge in [0, 0.05) is 51.9 Å². The number of rotatable bonds is 3. The van der Waals surface area contributed by atoms with Crippen LogP contribution in [0.1, 0.15) is 6.92 Å². The Morgan fingerprint density at radius 2 is 1.76 bits per heavy atom. The zero-order valence-corrected chi connectivity index (χ0v) is 15.7. The number of halogens is 1. The van der Waals surface area contributed by atoms with Crippen molar-refractivity contribution in [2.45, 2.75) is 13.5 Å². The van der Waals surface area contributed by atoms with Crippen molar-refractivity contribution in [3.63, 3.8) is 0 Å². The van der Waals surface area contributed by atoms with E-state index in [9.17, 15) is 9.59 Å². The van der Waals surface area contributed by atoms with Crippen molar-refractivity contribution < 1.29 is 0 Å². The molecule has 0 N–H and O–H groups in total. The van der Waals surface area contributed by atoms with Crippen molar-refractivity contribution in [3.05, 3.63) is 31.9 Å². The van der Waals surface area contributed by atoms with Crippen molar-refractivity contribution in [2.24, 2.45) is 14.1 Å². The molecule has 0 spiro atoms. The highest BCUT2D eigenvalue weighted by Gasteiger charge is 2.24. The summed E-state index contributed by atoms with van der Waals surface area (Å²) in [5.41, 5.74) is 0.109. The molecular weight excluding hydrogens is 344 g/mol. The van der Waals surface area contributed by atoms with E-state index in [1.165, 1.54) is 11.6 Å². The molecule has 8 nitrogen and oxygen atoms in total. The minimum Gasteiger partial charge on any atom is -0.340 e. The summed E-state index contributed by atoms with van der Waals surface area (Å²) in [4.78, 5) is 34.0. The second kappa shape index (κ2) is 6.68. The summed E-state index contributed by atoms with van der Waals surface area (Å²) < 4.78 is 4.39. The Morgan fingerprint density at radius 1 is 1.12 bits per heavy atom. The van der Waals surface area contributed by atoms with Crippen LogP contribution in [0.2, 0.25) is 0 Å². The van der Waals surface area contributed by atoms with Gasteiger partial charge in [0.15, 0.2) is 11.2 Å². The van der Waals surface area contributed by atoms with Crippen molar-refractivity contribution >= 4 is 28.7 Å². The summed E-state index contributed by atoms with van der Waals surface area (Å²) in [5, 5.41) is 0.646. The number of aryl methyl sites for hydroxylation is 1. The first-order valence-corrected chi connectivity index (χ1v) is 8.61. The highest BCUT2D eigenvalue weighted by molar-refractivity contribution is 6.29. The van der Waals surface area contributed by atoms with Gasteiger partial charge in [-0.15, -0.1) is 0 Å². The quantitative estimate of drug-likeness (QED) is 0.783. The van der Waals surface area contributed by atoms with E-state index in [1.807, 2.05) is 10.6 Å². The number of allylic oxidation sites excluding steroid dienone is 2. The van der Waals surface area contributed by atoms with Crippen molar-refractivity contribution in [1.29, 1.82) is 0 Å². The van der Waals surface area contributed by atoms with Gasteiger partial charge < -0.3 is 14.4 Å². The number of hydrogen-bond donors (Lipinski definition) is 0. The van der Waals surface area contributed by atoms with Gasteiger partial charge in [-0.3, -0.25) is 13.9 Å². The van der Waals surface area contributed by atoms with Gasteiger partial charge in [-0.25, -0.2) is 4.79 Å². The zero-order valence-electron chi connectivity index (χ0n) is 15.0. The molecule has 25 heavy (non-hydrogen) atoms. The average Bonchev–Trinajstić information content (AvgIpc) is 2.96. The Hall–Kier alpha value is -2.06. The summed E-state index contributed by atoms with van der Waals surface area (Å²) in [6.07, 6.45) is 1.84. The van der Waals surface area contributed by atoms with Gasteiger partial charge in [0.2, 0.25) is 5.95 Å². The highest BCUT2D eigenvalue weighted by atomic mass is 35.5. The number of piperazine rings is 1. The van der Waals surface area contributed by atoms with Crippen LogP contribution in [0.5, 0.6) is 0 Å². The minimum atomic E-state index is -0.379. The van der Waals surface area contributed by atoms with Gasteiger partial charge in [-0.2, -0.15) is 4.98 Å². The minimum absolute atomic E-state index is 0.341. The fourth-order valence-electron chi connectivity index (χ4n) is 3.07. The largest absolute Gasteiger partial charge is 0.340 e. The topological polar surface area (TPSA) is 68.3 Å². The van der Waals surface area contributed by atoms with E-state index >= 15 is 0 Å². The molecule has 0 radical (unpaired) electrons. The number of fused-ring (bicyclic) bond motifs is 1. The van der Waals surface area contributed by atoms with E-state index in [0.717, 1.165) is 30.7 Å². The first kappa shape index (κ1) is 17.8. The van der Waals surface area contributed by atoms with Gasteiger partial charge in [-0.05, 0) is 14.0 Å². The molecule has 2 aromatic rings. The van der Waals surface area contributed by atoms with Crippen molar-refractivity contribution in [3.8, 4) is 0 Å². The maximum Gasteiger partial charge on any atom is 0.332 e. The van der Waals surface area contributed by atoms with Crippen LogP contribution in [-0.4, -0.2) is 56.8 Å². The Morgan fingerprint density at radius 3 is 2.36 bits per heavy atom. The van der Waals surface area contributed by atoms with Crippen LogP contribution in [0.4, 0.5) is 5.95 Å². The molecule has 0 aromatic carbocycles. The molecule has 1 fully saturated rings. The van der Waals surface area contributed by atoms with E-state index in [1.54, 1.807) is 14.0 Å². The third-order valence-corrected chi connectivity index (χ3v) is 4.82. The van der Waals surface area contributed by atoms with Gasteiger partial charge in [0.1, 0.15) is 0 Å². The van der Waals surface area contributed by atoms with Crippen LogP contribution in [0, 0.1) is 0 Å². The molecule has 136 valence electrons. The Kier molecular flexibility index (Phi) is 4.75. The lowest BCUT2D eigenvalue weighted by Crippen LogP contribution is -2.45. The molecule has 0 unspecified atom stereocenters. The number of anilines is 1. The third-order valence-electron chi connectivity index (χ3n) is 4.67. The molecule has 1 aliphatic heterocycles. The Balaban J connectivity index is 2.25. The molecule has 0 saturated carbocycles. The van der Waals surface area contributed by atoms with Crippen LogP contribution in [0.25, 0.3) is 11.2 Å². The molecule has 2 aromatic heterocycles. The second-order valence-electron chi connectivity index (χ2n) is 6.48. The Bertz CT molecular complexity index is 942. The lowest BCUT2D eigenvalue weighted by molar-refractivity contribution is 0.310. The zero-order chi connectivity index (χ0) is 18.3. The predicted octanol–water partition coefficient (Wildman–Crippen LogP) is 0.328. The van der Waals surface area contributed by atoms with Gasteiger partial charge in [-0.1, -0.05) is 17.7 Å². The average molecular weight is 367 g/mol. The molecule has 1 saturated heterocycles. The normalized spacial score (nSPS) is 16.8. The first-order valence-electron chi connectivity index (χ1n) is 8.23. The predicted molar refractivity (Wildman–Crippen MR) is 99.5 cm³/mol. The molecule has 0 bridgehead atoms. The molecule has 1 aliphatic rings. The van der Waals surface area contributed by atoms with Crippen LogP contribution in [0.15, 0.2) is 20.7 Å². The summed E-state index contributed by atoms with van der Waals surface area (Å²) in [6.45, 7) is 5.70. The molecule has 0 atom stereocenters. The van der Waals surface area contributed by atoms with Crippen LogP contribution in [-0.2, 0) is 20.6 Å². The molecule has 9 heteroatoms. The van der Waals surface area contributed by atoms with E-state index < -0.39 is 0 Å². The van der Waals surface area contributed by atoms with E-state index in [2.05, 4.69) is 21.8 Å². The van der Waals surface area contributed by atoms with Gasteiger partial charge >= 0.3 is 5.69 Å².